The molecule has 1 N–H and O–H groups in total. The molecule has 0 radical (unpaired) electrons. The average molecular weight is 430 g/mol. The van der Waals surface area contributed by atoms with Gasteiger partial charge in [-0.2, -0.15) is 0 Å². The maximum Gasteiger partial charge on any atom is 0.267 e. The van der Waals surface area contributed by atoms with Gasteiger partial charge in [0, 0.05) is 24.5 Å². The normalized spacial score (nSPS) is 19.1. The number of piperidine rings is 1. The maximum atomic E-state index is 12.8. The number of amides is 1. The summed E-state index contributed by atoms with van der Waals surface area (Å²) in [7, 11) is -3.55. The first-order valence-electron chi connectivity index (χ1n) is 10.2. The quantitative estimate of drug-likeness (QED) is 0.808. The van der Waals surface area contributed by atoms with Gasteiger partial charge in [0.2, 0.25) is 10.0 Å². The Morgan fingerprint density at radius 3 is 2.43 bits per heavy atom. The summed E-state index contributed by atoms with van der Waals surface area (Å²) in [4.78, 5) is 15.2. The lowest BCUT2D eigenvalue weighted by Crippen LogP contribution is -2.48. The van der Waals surface area contributed by atoms with Crippen LogP contribution in [-0.4, -0.2) is 46.3 Å². The van der Waals surface area contributed by atoms with E-state index >= 15 is 0 Å². The number of rotatable bonds is 4. The molecule has 0 aromatic heterocycles. The molecule has 1 atom stereocenters. The standard InChI is InChI=1S/C22H27N3O4S/c1-16-6-11-20-19(14-16)25(30(2,27)28)15-21(29-20)22(26)23-17-7-9-18(10-8-17)24-12-4-3-5-13-24/h6-11,14,21H,3-5,12-13,15H2,1-2H3,(H,23,26). The van der Waals surface area contributed by atoms with Gasteiger partial charge in [-0.1, -0.05) is 6.07 Å². The largest absolute Gasteiger partial charge is 0.476 e. The zero-order valence-electron chi connectivity index (χ0n) is 17.3. The van der Waals surface area contributed by atoms with Gasteiger partial charge < -0.3 is 15.0 Å². The van der Waals surface area contributed by atoms with Crippen molar-refractivity contribution in [3.8, 4) is 5.75 Å². The number of fused-ring (bicyclic) bond motifs is 1. The second-order valence-corrected chi connectivity index (χ2v) is 9.86. The molecule has 1 amide bonds. The number of anilines is 3. The molecule has 2 aliphatic rings. The topological polar surface area (TPSA) is 79.0 Å². The zero-order chi connectivity index (χ0) is 21.3. The second kappa shape index (κ2) is 8.18. The van der Waals surface area contributed by atoms with Gasteiger partial charge in [-0.3, -0.25) is 9.10 Å². The van der Waals surface area contributed by atoms with Crippen LogP contribution in [0.2, 0.25) is 0 Å². The number of aryl methyl sites for hydroxylation is 1. The highest BCUT2D eigenvalue weighted by molar-refractivity contribution is 7.92. The van der Waals surface area contributed by atoms with E-state index in [4.69, 9.17) is 4.74 Å². The molecular weight excluding hydrogens is 402 g/mol. The summed E-state index contributed by atoms with van der Waals surface area (Å²) in [5, 5.41) is 2.85. The van der Waals surface area contributed by atoms with Crippen molar-refractivity contribution in [3.05, 3.63) is 48.0 Å². The number of hydrogen-bond donors (Lipinski definition) is 1. The number of sulfonamides is 1. The number of carbonyl (C=O) groups is 1. The molecule has 160 valence electrons. The number of benzene rings is 2. The Morgan fingerprint density at radius 1 is 1.07 bits per heavy atom. The minimum absolute atomic E-state index is 0.0625. The van der Waals surface area contributed by atoms with Crippen LogP contribution in [0.15, 0.2) is 42.5 Å². The number of carbonyl (C=O) groups excluding carboxylic acids is 1. The average Bonchev–Trinajstić information content (AvgIpc) is 2.73. The molecule has 0 saturated carbocycles. The van der Waals surface area contributed by atoms with Crippen LogP contribution < -0.4 is 19.3 Å². The zero-order valence-corrected chi connectivity index (χ0v) is 18.1. The summed E-state index contributed by atoms with van der Waals surface area (Å²) in [6.45, 7) is 3.93. The smallest absolute Gasteiger partial charge is 0.267 e. The molecule has 1 unspecified atom stereocenters. The third kappa shape index (κ3) is 4.38. The van der Waals surface area contributed by atoms with Crippen LogP contribution in [0.4, 0.5) is 17.1 Å². The lowest BCUT2D eigenvalue weighted by Gasteiger charge is -2.34. The van der Waals surface area contributed by atoms with E-state index in [1.54, 1.807) is 12.1 Å². The Balaban J connectivity index is 1.49. The van der Waals surface area contributed by atoms with Crippen LogP contribution >= 0.6 is 0 Å². The minimum Gasteiger partial charge on any atom is -0.476 e. The van der Waals surface area contributed by atoms with Gasteiger partial charge >= 0.3 is 0 Å². The van der Waals surface area contributed by atoms with Crippen molar-refractivity contribution in [2.75, 3.05) is 40.4 Å². The molecule has 2 aromatic rings. The molecule has 7 nitrogen and oxygen atoms in total. The van der Waals surface area contributed by atoms with Crippen LogP contribution in [0, 0.1) is 6.92 Å². The van der Waals surface area contributed by atoms with Crippen molar-refractivity contribution in [2.45, 2.75) is 32.3 Å². The van der Waals surface area contributed by atoms with Crippen LogP contribution in [0.3, 0.4) is 0 Å². The van der Waals surface area contributed by atoms with Gasteiger partial charge in [0.05, 0.1) is 18.5 Å². The molecule has 2 aliphatic heterocycles. The van der Waals surface area contributed by atoms with Crippen molar-refractivity contribution >= 4 is 33.0 Å². The van der Waals surface area contributed by atoms with E-state index in [1.807, 2.05) is 37.3 Å². The first kappa shape index (κ1) is 20.5. The molecule has 8 heteroatoms. The fraction of sp³-hybridized carbons (Fsp3) is 0.409. The van der Waals surface area contributed by atoms with E-state index in [0.717, 1.165) is 30.6 Å². The lowest BCUT2D eigenvalue weighted by atomic mass is 10.1. The Bertz CT molecular complexity index is 1030. The molecular formula is C22H27N3O4S. The van der Waals surface area contributed by atoms with E-state index in [2.05, 4.69) is 10.2 Å². The van der Waals surface area contributed by atoms with Gasteiger partial charge in [0.15, 0.2) is 6.10 Å². The van der Waals surface area contributed by atoms with E-state index in [9.17, 15) is 13.2 Å². The summed E-state index contributed by atoms with van der Waals surface area (Å²) in [6, 6.07) is 13.0. The van der Waals surface area contributed by atoms with Crippen LogP contribution in [0.1, 0.15) is 24.8 Å². The van der Waals surface area contributed by atoms with Crippen molar-refractivity contribution in [2.24, 2.45) is 0 Å². The predicted octanol–water partition coefficient (Wildman–Crippen LogP) is 3.15. The highest BCUT2D eigenvalue weighted by Crippen LogP contribution is 2.36. The van der Waals surface area contributed by atoms with E-state index in [0.29, 0.717) is 17.1 Å². The van der Waals surface area contributed by atoms with Crippen molar-refractivity contribution < 1.29 is 17.9 Å². The maximum absolute atomic E-state index is 12.8. The van der Waals surface area contributed by atoms with E-state index in [1.165, 1.54) is 23.6 Å². The Hall–Kier alpha value is -2.74. The molecule has 4 rings (SSSR count). The minimum atomic E-state index is -3.55. The lowest BCUT2D eigenvalue weighted by molar-refractivity contribution is -0.122. The first-order valence-corrected chi connectivity index (χ1v) is 12.1. The third-order valence-electron chi connectivity index (χ3n) is 5.53. The summed E-state index contributed by atoms with van der Waals surface area (Å²) in [5.41, 5.74) is 3.19. The fourth-order valence-electron chi connectivity index (χ4n) is 3.94. The summed E-state index contributed by atoms with van der Waals surface area (Å²) >= 11 is 0. The van der Waals surface area contributed by atoms with Gasteiger partial charge in [-0.05, 0) is 68.1 Å². The van der Waals surface area contributed by atoms with Gasteiger partial charge in [0.25, 0.3) is 5.91 Å². The van der Waals surface area contributed by atoms with Gasteiger partial charge in [0.1, 0.15) is 5.75 Å². The van der Waals surface area contributed by atoms with Crippen molar-refractivity contribution in [1.29, 1.82) is 0 Å². The summed E-state index contributed by atoms with van der Waals surface area (Å²) in [6.07, 6.45) is 3.89. The van der Waals surface area contributed by atoms with Gasteiger partial charge in [-0.15, -0.1) is 0 Å². The van der Waals surface area contributed by atoms with Crippen LogP contribution in [-0.2, 0) is 14.8 Å². The Kier molecular flexibility index (Phi) is 5.60. The molecule has 2 aromatic carbocycles. The molecule has 0 spiro atoms. The molecule has 30 heavy (non-hydrogen) atoms. The van der Waals surface area contributed by atoms with E-state index in [-0.39, 0.29) is 12.5 Å². The molecule has 1 saturated heterocycles. The second-order valence-electron chi connectivity index (χ2n) is 7.96. The monoisotopic (exact) mass is 429 g/mol. The number of ether oxygens (including phenoxy) is 1. The van der Waals surface area contributed by atoms with Crippen molar-refractivity contribution in [3.63, 3.8) is 0 Å². The first-order chi connectivity index (χ1) is 14.3. The number of nitrogens with one attached hydrogen (secondary N) is 1. The van der Waals surface area contributed by atoms with Gasteiger partial charge in [-0.25, -0.2) is 8.42 Å². The SMILES string of the molecule is Cc1ccc2c(c1)N(S(C)(=O)=O)CC(C(=O)Nc1ccc(N3CCCCC3)cc1)O2. The highest BCUT2D eigenvalue weighted by atomic mass is 32.2. The molecule has 0 bridgehead atoms. The summed E-state index contributed by atoms with van der Waals surface area (Å²) < 4.78 is 31.7. The summed E-state index contributed by atoms with van der Waals surface area (Å²) in [5.74, 6) is 0.0125. The van der Waals surface area contributed by atoms with Crippen molar-refractivity contribution in [1.82, 2.24) is 0 Å². The third-order valence-corrected chi connectivity index (χ3v) is 6.68. The van der Waals surface area contributed by atoms with Crippen LogP contribution in [0.25, 0.3) is 0 Å². The predicted molar refractivity (Wildman–Crippen MR) is 119 cm³/mol. The Labute approximate surface area is 177 Å². The van der Waals surface area contributed by atoms with Crippen LogP contribution in [0.5, 0.6) is 5.75 Å². The van der Waals surface area contributed by atoms with E-state index < -0.39 is 16.1 Å². The number of hydrogen-bond acceptors (Lipinski definition) is 5. The number of nitrogens with zero attached hydrogens (tertiary/aromatic N) is 2. The molecule has 2 heterocycles. The molecule has 1 fully saturated rings. The fourth-order valence-corrected chi connectivity index (χ4v) is 4.85. The molecule has 0 aliphatic carbocycles. The highest BCUT2D eigenvalue weighted by Gasteiger charge is 2.35. The Morgan fingerprint density at radius 2 is 1.77 bits per heavy atom.